The summed E-state index contributed by atoms with van der Waals surface area (Å²) in [6.45, 7) is 0.702. The van der Waals surface area contributed by atoms with Gasteiger partial charge < -0.3 is 10.1 Å². The summed E-state index contributed by atoms with van der Waals surface area (Å²) in [4.78, 5) is 20.3. The maximum absolute atomic E-state index is 12.2. The molecule has 0 spiro atoms. The summed E-state index contributed by atoms with van der Waals surface area (Å²) in [6, 6.07) is 13.3. The first-order valence-electron chi connectivity index (χ1n) is 8.01. The van der Waals surface area contributed by atoms with Crippen LogP contribution in [0.2, 0.25) is 0 Å². The molecule has 6 nitrogen and oxygen atoms in total. The molecule has 0 bridgehead atoms. The van der Waals surface area contributed by atoms with Crippen molar-refractivity contribution in [3.8, 4) is 17.0 Å². The molecule has 0 aliphatic rings. The van der Waals surface area contributed by atoms with Crippen LogP contribution in [0.4, 0.5) is 5.82 Å². The maximum Gasteiger partial charge on any atom is 0.252 e. The first kappa shape index (κ1) is 16.7. The normalized spacial score (nSPS) is 10.5. The summed E-state index contributed by atoms with van der Waals surface area (Å²) in [5, 5.41) is 3.33. The highest BCUT2D eigenvalue weighted by Crippen LogP contribution is 2.18. The van der Waals surface area contributed by atoms with Crippen molar-refractivity contribution in [1.82, 2.24) is 14.5 Å². The average molecular weight is 336 g/mol. The van der Waals surface area contributed by atoms with Crippen molar-refractivity contribution >= 4 is 5.82 Å². The molecule has 128 valence electrons. The molecule has 0 atom stereocenters. The highest BCUT2D eigenvalue weighted by molar-refractivity contribution is 5.62. The predicted octanol–water partition coefficient (Wildman–Crippen LogP) is 2.51. The lowest BCUT2D eigenvalue weighted by Crippen LogP contribution is -2.21. The summed E-state index contributed by atoms with van der Waals surface area (Å²) < 4.78 is 6.83. The van der Waals surface area contributed by atoms with Crippen molar-refractivity contribution in [2.45, 2.75) is 6.42 Å². The van der Waals surface area contributed by atoms with Crippen LogP contribution >= 0.6 is 0 Å². The summed E-state index contributed by atoms with van der Waals surface area (Å²) in [5.41, 5.74) is 2.58. The van der Waals surface area contributed by atoms with E-state index in [1.54, 1.807) is 37.1 Å². The molecular weight excluding hydrogens is 316 g/mol. The molecule has 2 aromatic heterocycles. The number of methoxy groups -OCH3 is 1. The molecule has 1 N–H and O–H groups in total. The fourth-order valence-corrected chi connectivity index (χ4v) is 2.58. The highest BCUT2D eigenvalue weighted by atomic mass is 16.5. The molecule has 0 fully saturated rings. The third-order valence-electron chi connectivity index (χ3n) is 3.99. The van der Waals surface area contributed by atoms with E-state index in [0.29, 0.717) is 6.54 Å². The molecule has 6 heteroatoms. The highest BCUT2D eigenvalue weighted by Gasteiger charge is 2.06. The third-order valence-corrected chi connectivity index (χ3v) is 3.99. The van der Waals surface area contributed by atoms with E-state index >= 15 is 0 Å². The first-order valence-corrected chi connectivity index (χ1v) is 8.01. The fraction of sp³-hybridized carbons (Fsp3) is 0.211. The average Bonchev–Trinajstić information content (AvgIpc) is 2.66. The SMILES string of the molecule is COc1cccc(CCNc2cc(-c3ccncn3)cc(=O)n2C)c1. The van der Waals surface area contributed by atoms with E-state index in [1.807, 2.05) is 24.3 Å². The molecule has 0 radical (unpaired) electrons. The van der Waals surface area contributed by atoms with Crippen molar-refractivity contribution in [3.05, 3.63) is 70.9 Å². The molecule has 0 aliphatic heterocycles. The van der Waals surface area contributed by atoms with Gasteiger partial charge in [0.15, 0.2) is 0 Å². The van der Waals surface area contributed by atoms with Crippen LogP contribution in [0.15, 0.2) is 59.8 Å². The lowest BCUT2D eigenvalue weighted by atomic mass is 10.1. The van der Waals surface area contributed by atoms with Gasteiger partial charge in [0.05, 0.1) is 12.8 Å². The topological polar surface area (TPSA) is 69.0 Å². The molecule has 0 saturated carbocycles. The number of rotatable bonds is 6. The zero-order valence-electron chi connectivity index (χ0n) is 14.3. The molecule has 2 heterocycles. The van der Waals surface area contributed by atoms with Gasteiger partial charge in [0, 0.05) is 31.4 Å². The second-order valence-electron chi connectivity index (χ2n) is 5.65. The molecule has 0 saturated heterocycles. The molecule has 25 heavy (non-hydrogen) atoms. The Bertz CT molecular complexity index is 907. The van der Waals surface area contributed by atoms with E-state index in [9.17, 15) is 4.79 Å². The van der Waals surface area contributed by atoms with E-state index in [0.717, 1.165) is 29.2 Å². The van der Waals surface area contributed by atoms with E-state index in [-0.39, 0.29) is 5.56 Å². The van der Waals surface area contributed by atoms with Crippen LogP contribution in [0.5, 0.6) is 5.75 Å². The van der Waals surface area contributed by atoms with Crippen LogP contribution in [-0.4, -0.2) is 28.2 Å². The van der Waals surface area contributed by atoms with Gasteiger partial charge in [-0.1, -0.05) is 12.1 Å². The van der Waals surface area contributed by atoms with Crippen molar-refractivity contribution in [3.63, 3.8) is 0 Å². The Morgan fingerprint density at radius 3 is 2.84 bits per heavy atom. The number of aromatic nitrogens is 3. The number of anilines is 1. The summed E-state index contributed by atoms with van der Waals surface area (Å²) in [5.74, 6) is 1.60. The minimum absolute atomic E-state index is 0.0833. The predicted molar refractivity (Wildman–Crippen MR) is 97.9 cm³/mol. The molecule has 0 amide bonds. The van der Waals surface area contributed by atoms with Gasteiger partial charge in [-0.25, -0.2) is 9.97 Å². The Kier molecular flexibility index (Phi) is 5.09. The van der Waals surface area contributed by atoms with Gasteiger partial charge in [-0.15, -0.1) is 0 Å². The van der Waals surface area contributed by atoms with Gasteiger partial charge in [0.1, 0.15) is 17.9 Å². The standard InChI is InChI=1S/C19H20N4O2/c1-23-18(21-9-6-14-4-3-5-16(10-14)25-2)11-15(12-19(23)24)17-7-8-20-13-22-17/h3-5,7-8,10-13,21H,6,9H2,1-2H3. The monoisotopic (exact) mass is 336 g/mol. The Balaban J connectivity index is 1.75. The van der Waals surface area contributed by atoms with Gasteiger partial charge >= 0.3 is 0 Å². The van der Waals surface area contributed by atoms with Crippen LogP contribution < -0.4 is 15.6 Å². The summed E-state index contributed by atoms with van der Waals surface area (Å²) in [6.07, 6.45) is 3.96. The van der Waals surface area contributed by atoms with Crippen molar-refractivity contribution < 1.29 is 4.74 Å². The zero-order chi connectivity index (χ0) is 17.6. The Labute approximate surface area is 146 Å². The third kappa shape index (κ3) is 4.03. The molecule has 3 aromatic rings. The van der Waals surface area contributed by atoms with Crippen LogP contribution in [0, 0.1) is 0 Å². The van der Waals surface area contributed by atoms with Crippen molar-refractivity contribution in [2.75, 3.05) is 19.0 Å². The smallest absolute Gasteiger partial charge is 0.252 e. The van der Waals surface area contributed by atoms with E-state index < -0.39 is 0 Å². The second kappa shape index (κ2) is 7.61. The van der Waals surface area contributed by atoms with Gasteiger partial charge in [-0.3, -0.25) is 9.36 Å². The summed E-state index contributed by atoms with van der Waals surface area (Å²) in [7, 11) is 3.41. The van der Waals surface area contributed by atoms with E-state index in [1.165, 1.54) is 11.9 Å². The molecular formula is C19H20N4O2. The van der Waals surface area contributed by atoms with Gasteiger partial charge in [-0.05, 0) is 36.2 Å². The number of nitrogens with one attached hydrogen (secondary N) is 1. The van der Waals surface area contributed by atoms with Crippen molar-refractivity contribution in [2.24, 2.45) is 7.05 Å². The minimum Gasteiger partial charge on any atom is -0.497 e. The number of hydrogen-bond acceptors (Lipinski definition) is 5. The van der Waals surface area contributed by atoms with Gasteiger partial charge in [-0.2, -0.15) is 0 Å². The second-order valence-corrected chi connectivity index (χ2v) is 5.65. The van der Waals surface area contributed by atoms with Crippen LogP contribution in [0.3, 0.4) is 0 Å². The molecule has 0 aliphatic carbocycles. The largest absolute Gasteiger partial charge is 0.497 e. The molecule has 1 aromatic carbocycles. The lowest BCUT2D eigenvalue weighted by molar-refractivity contribution is 0.414. The number of hydrogen-bond donors (Lipinski definition) is 1. The fourth-order valence-electron chi connectivity index (χ4n) is 2.58. The van der Waals surface area contributed by atoms with E-state index in [2.05, 4.69) is 21.4 Å². The Morgan fingerprint density at radius 1 is 1.20 bits per heavy atom. The van der Waals surface area contributed by atoms with E-state index in [4.69, 9.17) is 4.74 Å². The lowest BCUT2D eigenvalue weighted by Gasteiger charge is -2.13. The number of benzene rings is 1. The number of nitrogens with zero attached hydrogens (tertiary/aromatic N) is 3. The maximum atomic E-state index is 12.2. The zero-order valence-corrected chi connectivity index (χ0v) is 14.3. The van der Waals surface area contributed by atoms with Crippen LogP contribution in [0.25, 0.3) is 11.3 Å². The van der Waals surface area contributed by atoms with Gasteiger partial charge in [0.25, 0.3) is 5.56 Å². The minimum atomic E-state index is -0.0833. The molecule has 3 rings (SSSR count). The van der Waals surface area contributed by atoms with Gasteiger partial charge in [0.2, 0.25) is 0 Å². The van der Waals surface area contributed by atoms with Crippen LogP contribution in [-0.2, 0) is 13.5 Å². The first-order chi connectivity index (χ1) is 12.2. The number of pyridine rings is 1. The van der Waals surface area contributed by atoms with Crippen LogP contribution in [0.1, 0.15) is 5.56 Å². The van der Waals surface area contributed by atoms with Crippen molar-refractivity contribution in [1.29, 1.82) is 0 Å². The molecule has 0 unspecified atom stereocenters. The quantitative estimate of drug-likeness (QED) is 0.749. The Hall–Kier alpha value is -3.15. The Morgan fingerprint density at radius 2 is 2.08 bits per heavy atom. The number of ether oxygens (including phenoxy) is 1. The summed E-state index contributed by atoms with van der Waals surface area (Å²) >= 11 is 0.